The Labute approximate surface area is 161 Å². The third-order valence-corrected chi connectivity index (χ3v) is 5.63. The molecular weight excluding hydrogens is 372 g/mol. The second-order valence-electron chi connectivity index (χ2n) is 6.22. The first kappa shape index (κ1) is 19.5. The van der Waals surface area contributed by atoms with Crippen molar-refractivity contribution in [1.29, 1.82) is 0 Å². The molecule has 4 nitrogen and oxygen atoms in total. The van der Waals surface area contributed by atoms with Crippen LogP contribution in [-0.4, -0.2) is 37.3 Å². The fourth-order valence-corrected chi connectivity index (χ4v) is 4.15. The molecule has 1 aliphatic rings. The first-order valence-corrected chi connectivity index (χ1v) is 9.61. The molecule has 1 fully saturated rings. The molecule has 3 rings (SSSR count). The summed E-state index contributed by atoms with van der Waals surface area (Å²) in [6.07, 6.45) is 1.68. The Bertz CT molecular complexity index is 831. The van der Waals surface area contributed by atoms with Gasteiger partial charge in [0.15, 0.2) is 0 Å². The van der Waals surface area contributed by atoms with E-state index in [1.807, 2.05) is 18.2 Å². The van der Waals surface area contributed by atoms with Crippen molar-refractivity contribution in [3.05, 3.63) is 53.6 Å². The molecule has 0 aromatic heterocycles. The van der Waals surface area contributed by atoms with Gasteiger partial charge in [-0.15, -0.1) is 11.8 Å². The third-order valence-electron chi connectivity index (χ3n) is 4.61. The van der Waals surface area contributed by atoms with Crippen LogP contribution in [0, 0.1) is 11.6 Å². The highest BCUT2D eigenvalue weighted by Gasteiger charge is 2.32. The first-order chi connectivity index (χ1) is 13.0. The minimum Gasteiger partial charge on any atom is -0.497 e. The lowest BCUT2D eigenvalue weighted by molar-refractivity contribution is -0.129. The van der Waals surface area contributed by atoms with Crippen molar-refractivity contribution in [3.8, 4) is 11.5 Å². The van der Waals surface area contributed by atoms with E-state index in [9.17, 15) is 13.6 Å². The summed E-state index contributed by atoms with van der Waals surface area (Å²) in [5.41, 5.74) is 0.893. The summed E-state index contributed by atoms with van der Waals surface area (Å²) in [4.78, 5) is 14.7. The Kier molecular flexibility index (Phi) is 6.21. The number of thioether (sulfide) groups is 1. The van der Waals surface area contributed by atoms with E-state index < -0.39 is 11.6 Å². The molecular formula is C20H21F2NO3S. The van der Waals surface area contributed by atoms with Crippen molar-refractivity contribution in [3.63, 3.8) is 0 Å². The number of amides is 1. The number of carbonyl (C=O) groups is 1. The molecule has 2 aromatic rings. The Balaban J connectivity index is 1.76. The molecule has 27 heavy (non-hydrogen) atoms. The average molecular weight is 393 g/mol. The summed E-state index contributed by atoms with van der Waals surface area (Å²) in [5, 5.41) is 0. The minimum atomic E-state index is -0.526. The Morgan fingerprint density at radius 3 is 2.74 bits per heavy atom. The normalized spacial score (nSPS) is 16.4. The monoisotopic (exact) mass is 393 g/mol. The zero-order valence-electron chi connectivity index (χ0n) is 15.2. The topological polar surface area (TPSA) is 38.8 Å². The standard InChI is InChI=1S/C20H21F2NO3S/c1-25-14-6-8-18(26-2)15(11-14)17-4-3-9-23(17)20(24)12-27-19-10-13(21)5-7-16(19)22/h5-8,10-11,17H,3-4,9,12H2,1-2H3/t17-/m0/s1. The van der Waals surface area contributed by atoms with E-state index >= 15 is 0 Å². The van der Waals surface area contributed by atoms with Crippen LogP contribution in [0.4, 0.5) is 8.78 Å². The van der Waals surface area contributed by atoms with Gasteiger partial charge in [0, 0.05) is 17.0 Å². The number of hydrogen-bond donors (Lipinski definition) is 0. The molecule has 1 heterocycles. The van der Waals surface area contributed by atoms with Crippen molar-refractivity contribution in [1.82, 2.24) is 4.90 Å². The summed E-state index contributed by atoms with van der Waals surface area (Å²) in [6, 6.07) is 8.64. The van der Waals surface area contributed by atoms with Crippen LogP contribution < -0.4 is 9.47 Å². The number of nitrogens with zero attached hydrogens (tertiary/aromatic N) is 1. The Morgan fingerprint density at radius 2 is 2.00 bits per heavy atom. The number of ether oxygens (including phenoxy) is 2. The van der Waals surface area contributed by atoms with Gasteiger partial charge in [0.05, 0.1) is 26.0 Å². The predicted octanol–water partition coefficient (Wildman–Crippen LogP) is 4.44. The molecule has 0 N–H and O–H groups in total. The average Bonchev–Trinajstić information content (AvgIpc) is 3.17. The van der Waals surface area contributed by atoms with Gasteiger partial charge in [-0.3, -0.25) is 4.79 Å². The highest BCUT2D eigenvalue weighted by Crippen LogP contribution is 2.39. The van der Waals surface area contributed by atoms with E-state index in [0.717, 1.165) is 48.4 Å². The molecule has 1 aliphatic heterocycles. The summed E-state index contributed by atoms with van der Waals surface area (Å²) < 4.78 is 37.8. The highest BCUT2D eigenvalue weighted by atomic mass is 32.2. The zero-order chi connectivity index (χ0) is 19.4. The van der Waals surface area contributed by atoms with Gasteiger partial charge in [-0.25, -0.2) is 8.78 Å². The lowest BCUT2D eigenvalue weighted by Crippen LogP contribution is -2.32. The van der Waals surface area contributed by atoms with Gasteiger partial charge in [-0.05, 0) is 49.2 Å². The lowest BCUT2D eigenvalue weighted by atomic mass is 10.0. The van der Waals surface area contributed by atoms with E-state index in [1.165, 1.54) is 0 Å². The third kappa shape index (κ3) is 4.35. The van der Waals surface area contributed by atoms with E-state index in [-0.39, 0.29) is 22.6 Å². The number of hydrogen-bond acceptors (Lipinski definition) is 4. The maximum Gasteiger partial charge on any atom is 0.233 e. The molecule has 0 aliphatic carbocycles. The molecule has 0 radical (unpaired) electrons. The largest absolute Gasteiger partial charge is 0.497 e. The fraction of sp³-hybridized carbons (Fsp3) is 0.350. The van der Waals surface area contributed by atoms with Gasteiger partial charge in [-0.1, -0.05) is 0 Å². The molecule has 0 bridgehead atoms. The van der Waals surface area contributed by atoms with Crippen molar-refractivity contribution < 1.29 is 23.0 Å². The van der Waals surface area contributed by atoms with Crippen LogP contribution in [0.15, 0.2) is 41.3 Å². The van der Waals surface area contributed by atoms with E-state index in [4.69, 9.17) is 9.47 Å². The molecule has 0 unspecified atom stereocenters. The van der Waals surface area contributed by atoms with Crippen molar-refractivity contribution in [2.75, 3.05) is 26.5 Å². The highest BCUT2D eigenvalue weighted by molar-refractivity contribution is 8.00. The van der Waals surface area contributed by atoms with Gasteiger partial charge in [0.1, 0.15) is 23.1 Å². The number of halogens is 2. The Morgan fingerprint density at radius 1 is 1.19 bits per heavy atom. The van der Waals surface area contributed by atoms with Gasteiger partial charge < -0.3 is 14.4 Å². The zero-order valence-corrected chi connectivity index (χ0v) is 16.0. The van der Waals surface area contributed by atoms with Gasteiger partial charge in [0.25, 0.3) is 0 Å². The SMILES string of the molecule is COc1ccc(OC)c([C@@H]2CCCN2C(=O)CSc2cc(F)ccc2F)c1. The van der Waals surface area contributed by atoms with Crippen LogP contribution in [-0.2, 0) is 4.79 Å². The smallest absolute Gasteiger partial charge is 0.233 e. The molecule has 2 aromatic carbocycles. The second kappa shape index (κ2) is 8.61. The minimum absolute atomic E-state index is 0.0448. The van der Waals surface area contributed by atoms with Crippen LogP contribution in [0.2, 0.25) is 0 Å². The van der Waals surface area contributed by atoms with E-state index in [2.05, 4.69) is 0 Å². The quantitative estimate of drug-likeness (QED) is 0.681. The van der Waals surface area contributed by atoms with Gasteiger partial charge in [0.2, 0.25) is 5.91 Å². The van der Waals surface area contributed by atoms with Crippen LogP contribution in [0.3, 0.4) is 0 Å². The first-order valence-electron chi connectivity index (χ1n) is 8.62. The number of methoxy groups -OCH3 is 2. The number of rotatable bonds is 6. The Hall–Kier alpha value is -2.28. The number of carbonyl (C=O) groups excluding carboxylic acids is 1. The molecule has 0 spiro atoms. The fourth-order valence-electron chi connectivity index (χ4n) is 3.30. The molecule has 7 heteroatoms. The maximum absolute atomic E-state index is 13.8. The van der Waals surface area contributed by atoms with Crippen molar-refractivity contribution >= 4 is 17.7 Å². The van der Waals surface area contributed by atoms with Crippen molar-refractivity contribution in [2.45, 2.75) is 23.8 Å². The number of benzene rings is 2. The molecule has 1 saturated heterocycles. The molecule has 144 valence electrons. The summed E-state index contributed by atoms with van der Waals surface area (Å²) in [6.45, 7) is 0.621. The van der Waals surface area contributed by atoms with E-state index in [0.29, 0.717) is 18.0 Å². The lowest BCUT2D eigenvalue weighted by Gasteiger charge is -2.26. The van der Waals surface area contributed by atoms with Crippen LogP contribution in [0.25, 0.3) is 0 Å². The predicted molar refractivity (Wildman–Crippen MR) is 100 cm³/mol. The van der Waals surface area contributed by atoms with Crippen LogP contribution >= 0.6 is 11.8 Å². The van der Waals surface area contributed by atoms with Crippen LogP contribution in [0.5, 0.6) is 11.5 Å². The van der Waals surface area contributed by atoms with E-state index in [1.54, 1.807) is 19.1 Å². The summed E-state index contributed by atoms with van der Waals surface area (Å²) in [5.74, 6) is 0.276. The second-order valence-corrected chi connectivity index (χ2v) is 7.23. The molecule has 1 atom stereocenters. The molecule has 0 saturated carbocycles. The van der Waals surface area contributed by atoms with Crippen molar-refractivity contribution in [2.24, 2.45) is 0 Å². The summed E-state index contributed by atoms with van der Waals surface area (Å²) in [7, 11) is 3.18. The number of likely N-dealkylation sites (tertiary alicyclic amines) is 1. The van der Waals surface area contributed by atoms with Gasteiger partial charge >= 0.3 is 0 Å². The molecule has 1 amide bonds. The summed E-state index contributed by atoms with van der Waals surface area (Å²) >= 11 is 1.01. The van der Waals surface area contributed by atoms with Gasteiger partial charge in [-0.2, -0.15) is 0 Å². The van der Waals surface area contributed by atoms with Crippen LogP contribution in [0.1, 0.15) is 24.4 Å². The maximum atomic E-state index is 13.8.